The molecule has 1 heterocycles. The Kier molecular flexibility index (Phi) is 4.89. The summed E-state index contributed by atoms with van der Waals surface area (Å²) in [6, 6.07) is 9.23. The molecule has 0 unspecified atom stereocenters. The highest BCUT2D eigenvalue weighted by molar-refractivity contribution is 7.13. The third-order valence-corrected chi connectivity index (χ3v) is 3.47. The van der Waals surface area contributed by atoms with Gasteiger partial charge in [-0.3, -0.25) is 20.4 Å². The first-order valence-corrected chi connectivity index (χ1v) is 6.91. The summed E-state index contributed by atoms with van der Waals surface area (Å²) < 4.78 is 18.3. The van der Waals surface area contributed by atoms with Gasteiger partial charge in [0.15, 0.2) is 18.2 Å². The SMILES string of the molecule is Cc1ccc(C(=O)NNC(=O)COc2ccccc2F)s1. The molecule has 21 heavy (non-hydrogen) atoms. The number of para-hydroxylation sites is 1. The van der Waals surface area contributed by atoms with Crippen LogP contribution < -0.4 is 15.6 Å². The van der Waals surface area contributed by atoms with Crippen LogP contribution in [0, 0.1) is 12.7 Å². The zero-order valence-electron chi connectivity index (χ0n) is 11.2. The monoisotopic (exact) mass is 308 g/mol. The summed E-state index contributed by atoms with van der Waals surface area (Å²) >= 11 is 1.32. The van der Waals surface area contributed by atoms with Crippen LogP contribution in [0.2, 0.25) is 0 Å². The molecular weight excluding hydrogens is 295 g/mol. The van der Waals surface area contributed by atoms with Gasteiger partial charge in [0.05, 0.1) is 4.88 Å². The number of carbonyl (C=O) groups is 2. The van der Waals surface area contributed by atoms with Crippen LogP contribution in [0.1, 0.15) is 14.5 Å². The lowest BCUT2D eigenvalue weighted by atomic mass is 10.3. The Bertz CT molecular complexity index is 657. The minimum atomic E-state index is -0.583. The lowest BCUT2D eigenvalue weighted by molar-refractivity contribution is -0.123. The largest absolute Gasteiger partial charge is 0.481 e. The van der Waals surface area contributed by atoms with Crippen molar-refractivity contribution in [1.82, 2.24) is 10.9 Å². The van der Waals surface area contributed by atoms with Gasteiger partial charge in [-0.25, -0.2) is 4.39 Å². The number of amides is 2. The van der Waals surface area contributed by atoms with Crippen molar-refractivity contribution >= 4 is 23.2 Å². The summed E-state index contributed by atoms with van der Waals surface area (Å²) in [5.41, 5.74) is 4.46. The van der Waals surface area contributed by atoms with Gasteiger partial charge in [-0.05, 0) is 31.2 Å². The van der Waals surface area contributed by atoms with E-state index in [1.807, 2.05) is 13.0 Å². The Morgan fingerprint density at radius 1 is 1.19 bits per heavy atom. The number of carbonyl (C=O) groups excluding carboxylic acids is 2. The number of hydrogen-bond donors (Lipinski definition) is 2. The number of rotatable bonds is 4. The fourth-order valence-electron chi connectivity index (χ4n) is 1.49. The van der Waals surface area contributed by atoms with Crippen LogP contribution in [0.4, 0.5) is 4.39 Å². The number of benzene rings is 1. The van der Waals surface area contributed by atoms with Crippen molar-refractivity contribution in [2.75, 3.05) is 6.61 Å². The van der Waals surface area contributed by atoms with Crippen molar-refractivity contribution in [2.45, 2.75) is 6.92 Å². The number of hydrazine groups is 1. The lowest BCUT2D eigenvalue weighted by Gasteiger charge is -2.08. The van der Waals surface area contributed by atoms with E-state index in [-0.39, 0.29) is 5.75 Å². The van der Waals surface area contributed by atoms with Gasteiger partial charge in [0.25, 0.3) is 11.8 Å². The van der Waals surface area contributed by atoms with E-state index < -0.39 is 24.2 Å². The van der Waals surface area contributed by atoms with Crippen LogP contribution in [0.5, 0.6) is 5.75 Å². The highest BCUT2D eigenvalue weighted by Gasteiger charge is 2.10. The zero-order valence-corrected chi connectivity index (χ0v) is 12.0. The van der Waals surface area contributed by atoms with Crippen molar-refractivity contribution < 1.29 is 18.7 Å². The molecule has 0 aliphatic rings. The molecule has 1 aromatic carbocycles. The maximum absolute atomic E-state index is 13.3. The van der Waals surface area contributed by atoms with Gasteiger partial charge in [0, 0.05) is 4.88 Å². The third-order valence-electron chi connectivity index (χ3n) is 2.48. The second kappa shape index (κ2) is 6.85. The van der Waals surface area contributed by atoms with Crippen molar-refractivity contribution in [3.8, 4) is 5.75 Å². The highest BCUT2D eigenvalue weighted by Crippen LogP contribution is 2.15. The fourth-order valence-corrected chi connectivity index (χ4v) is 2.25. The molecule has 5 nitrogen and oxygen atoms in total. The molecule has 0 fully saturated rings. The predicted molar refractivity (Wildman–Crippen MR) is 76.6 cm³/mol. The van der Waals surface area contributed by atoms with Crippen LogP contribution >= 0.6 is 11.3 Å². The Labute approximate surface area is 124 Å². The number of hydrogen-bond acceptors (Lipinski definition) is 4. The van der Waals surface area contributed by atoms with Gasteiger partial charge in [-0.1, -0.05) is 12.1 Å². The molecule has 0 radical (unpaired) electrons. The second-order valence-corrected chi connectivity index (χ2v) is 5.42. The topological polar surface area (TPSA) is 67.4 Å². The van der Waals surface area contributed by atoms with Crippen LogP contribution in [0.15, 0.2) is 36.4 Å². The number of nitrogens with one attached hydrogen (secondary N) is 2. The molecule has 0 atom stereocenters. The average molecular weight is 308 g/mol. The van der Waals surface area contributed by atoms with E-state index in [9.17, 15) is 14.0 Å². The van der Waals surface area contributed by atoms with Crippen LogP contribution in [0.3, 0.4) is 0 Å². The Hall–Kier alpha value is -2.41. The quantitative estimate of drug-likeness (QED) is 0.849. The number of aryl methyl sites for hydroxylation is 1. The number of thiophene rings is 1. The zero-order chi connectivity index (χ0) is 15.2. The minimum Gasteiger partial charge on any atom is -0.481 e. The molecule has 0 bridgehead atoms. The maximum atomic E-state index is 13.3. The Morgan fingerprint density at radius 3 is 2.62 bits per heavy atom. The van der Waals surface area contributed by atoms with Crippen LogP contribution in [-0.2, 0) is 4.79 Å². The summed E-state index contributed by atoms with van der Waals surface area (Å²) in [6.07, 6.45) is 0. The molecule has 0 spiro atoms. The van der Waals surface area contributed by atoms with E-state index in [2.05, 4.69) is 10.9 Å². The van der Waals surface area contributed by atoms with Gasteiger partial charge >= 0.3 is 0 Å². The van der Waals surface area contributed by atoms with Gasteiger partial charge in [-0.2, -0.15) is 0 Å². The molecule has 2 rings (SSSR count). The molecule has 2 N–H and O–H groups in total. The van der Waals surface area contributed by atoms with Crippen molar-refractivity contribution in [2.24, 2.45) is 0 Å². The molecule has 2 amide bonds. The molecule has 0 saturated carbocycles. The predicted octanol–water partition coefficient (Wildman–Crippen LogP) is 2.04. The molecule has 7 heteroatoms. The highest BCUT2D eigenvalue weighted by atomic mass is 32.1. The Morgan fingerprint density at radius 2 is 1.95 bits per heavy atom. The van der Waals surface area contributed by atoms with E-state index >= 15 is 0 Å². The summed E-state index contributed by atoms with van der Waals surface area (Å²) in [4.78, 5) is 24.7. The first-order chi connectivity index (χ1) is 10.1. The fraction of sp³-hybridized carbons (Fsp3) is 0.143. The van der Waals surface area contributed by atoms with E-state index in [1.165, 1.54) is 29.5 Å². The molecule has 1 aromatic heterocycles. The van der Waals surface area contributed by atoms with E-state index in [1.54, 1.807) is 12.1 Å². The number of ether oxygens (including phenoxy) is 1. The molecule has 0 aliphatic carbocycles. The third kappa shape index (κ3) is 4.28. The van der Waals surface area contributed by atoms with Crippen LogP contribution in [-0.4, -0.2) is 18.4 Å². The molecule has 110 valence electrons. The van der Waals surface area contributed by atoms with Crippen molar-refractivity contribution in [1.29, 1.82) is 0 Å². The van der Waals surface area contributed by atoms with Gasteiger partial charge in [0.1, 0.15) is 0 Å². The number of halogens is 1. The summed E-state index contributed by atoms with van der Waals surface area (Å²) in [5.74, 6) is -1.57. The molecule has 0 aliphatic heterocycles. The first-order valence-electron chi connectivity index (χ1n) is 6.09. The van der Waals surface area contributed by atoms with Crippen molar-refractivity contribution in [3.63, 3.8) is 0 Å². The van der Waals surface area contributed by atoms with Gasteiger partial charge in [-0.15, -0.1) is 11.3 Å². The average Bonchev–Trinajstić information content (AvgIpc) is 2.90. The standard InChI is InChI=1S/C14H13FN2O3S/c1-9-6-7-12(21-9)14(19)17-16-13(18)8-20-11-5-3-2-4-10(11)15/h2-7H,8H2,1H3,(H,16,18)(H,17,19). The molecular formula is C14H13FN2O3S. The van der Waals surface area contributed by atoms with E-state index in [0.29, 0.717) is 4.88 Å². The maximum Gasteiger partial charge on any atom is 0.279 e. The normalized spacial score (nSPS) is 10.0. The van der Waals surface area contributed by atoms with E-state index in [0.717, 1.165) is 4.88 Å². The second-order valence-electron chi connectivity index (χ2n) is 4.13. The molecule has 0 saturated heterocycles. The molecule has 2 aromatic rings. The first kappa shape index (κ1) is 15.0. The minimum absolute atomic E-state index is 0.0205. The summed E-state index contributed by atoms with van der Waals surface area (Å²) in [6.45, 7) is 1.48. The summed E-state index contributed by atoms with van der Waals surface area (Å²) in [7, 11) is 0. The van der Waals surface area contributed by atoms with Crippen molar-refractivity contribution in [3.05, 3.63) is 52.0 Å². The lowest BCUT2D eigenvalue weighted by Crippen LogP contribution is -2.43. The van der Waals surface area contributed by atoms with E-state index in [4.69, 9.17) is 4.74 Å². The smallest absolute Gasteiger partial charge is 0.279 e. The Balaban J connectivity index is 1.78. The summed E-state index contributed by atoms with van der Waals surface area (Å²) in [5, 5.41) is 0. The van der Waals surface area contributed by atoms with Gasteiger partial charge in [0.2, 0.25) is 0 Å². The van der Waals surface area contributed by atoms with Crippen LogP contribution in [0.25, 0.3) is 0 Å². The van der Waals surface area contributed by atoms with Gasteiger partial charge < -0.3 is 4.74 Å².